The number of carbonyl (C=O) groups is 1. The molecule has 0 spiro atoms. The molecule has 1 N–H and O–H groups in total. The van der Waals surface area contributed by atoms with Gasteiger partial charge in [-0.3, -0.25) is 9.59 Å². The van der Waals surface area contributed by atoms with Crippen LogP contribution in [0.15, 0.2) is 87.5 Å². The molecule has 0 saturated heterocycles. The summed E-state index contributed by atoms with van der Waals surface area (Å²) in [6.07, 6.45) is 1.94. The molecule has 8 heteroatoms. The van der Waals surface area contributed by atoms with E-state index < -0.39 is 15.3 Å². The number of nitrogens with one attached hydrogen (secondary N) is 1. The Morgan fingerprint density at radius 1 is 1.00 bits per heavy atom. The number of rotatable bonds is 6. The van der Waals surface area contributed by atoms with Crippen molar-refractivity contribution in [3.63, 3.8) is 0 Å². The summed E-state index contributed by atoms with van der Waals surface area (Å²) in [6.45, 7) is 3.62. The van der Waals surface area contributed by atoms with E-state index in [1.165, 1.54) is 22.9 Å². The normalized spacial score (nSPS) is 11.5. The van der Waals surface area contributed by atoms with Crippen LogP contribution >= 0.6 is 11.6 Å². The van der Waals surface area contributed by atoms with E-state index in [0.717, 1.165) is 11.1 Å². The highest BCUT2D eigenvalue weighted by atomic mass is 35.5. The van der Waals surface area contributed by atoms with Crippen LogP contribution < -0.4 is 10.7 Å². The zero-order valence-corrected chi connectivity index (χ0v) is 20.3. The van der Waals surface area contributed by atoms with Crippen molar-refractivity contribution in [3.05, 3.63) is 99.3 Å². The molecule has 6 nitrogen and oxygen atoms in total. The average Bonchev–Trinajstić information content (AvgIpc) is 2.82. The Balaban J connectivity index is 1.83. The molecule has 1 heterocycles. The summed E-state index contributed by atoms with van der Waals surface area (Å²) in [5.74, 6) is -0.370. The number of fused-ring (bicyclic) bond motifs is 1. The molecule has 0 unspecified atom stereocenters. The second kappa shape index (κ2) is 9.44. The number of benzene rings is 3. The van der Waals surface area contributed by atoms with Crippen LogP contribution in [-0.4, -0.2) is 18.9 Å². The second-order valence-corrected chi connectivity index (χ2v) is 10.4. The Bertz CT molecular complexity index is 1540. The Labute approximate surface area is 202 Å². The summed E-state index contributed by atoms with van der Waals surface area (Å²) >= 11 is 5.90. The van der Waals surface area contributed by atoms with Gasteiger partial charge in [0.1, 0.15) is 11.4 Å². The first-order chi connectivity index (χ1) is 16.2. The molecule has 0 bridgehead atoms. The number of nitrogens with zero attached hydrogens (tertiary/aromatic N) is 1. The molecule has 4 aromatic rings. The van der Waals surface area contributed by atoms with Gasteiger partial charge >= 0.3 is 0 Å². The number of amides is 1. The van der Waals surface area contributed by atoms with Crippen LogP contribution in [0.2, 0.25) is 5.02 Å². The highest BCUT2D eigenvalue weighted by Gasteiger charge is 2.24. The van der Waals surface area contributed by atoms with Crippen LogP contribution in [0.1, 0.15) is 18.1 Å². The van der Waals surface area contributed by atoms with Gasteiger partial charge in [0.15, 0.2) is 0 Å². The third-order valence-electron chi connectivity index (χ3n) is 5.58. The average molecular weight is 495 g/mol. The minimum atomic E-state index is -4.10. The topological polar surface area (TPSA) is 85.2 Å². The highest BCUT2D eigenvalue weighted by molar-refractivity contribution is 7.91. The van der Waals surface area contributed by atoms with E-state index >= 15 is 0 Å². The van der Waals surface area contributed by atoms with E-state index in [1.54, 1.807) is 48.5 Å². The monoisotopic (exact) mass is 494 g/mol. The summed E-state index contributed by atoms with van der Waals surface area (Å²) in [6, 6.07) is 18.3. The number of halogens is 1. The Morgan fingerprint density at radius 2 is 1.68 bits per heavy atom. The van der Waals surface area contributed by atoms with E-state index in [0.29, 0.717) is 22.6 Å². The van der Waals surface area contributed by atoms with Gasteiger partial charge in [0.05, 0.1) is 10.4 Å². The van der Waals surface area contributed by atoms with Crippen molar-refractivity contribution in [2.45, 2.75) is 36.6 Å². The minimum absolute atomic E-state index is 0.0263. The van der Waals surface area contributed by atoms with Gasteiger partial charge in [-0.1, -0.05) is 42.3 Å². The summed E-state index contributed by atoms with van der Waals surface area (Å²) in [5.41, 5.74) is 2.25. The van der Waals surface area contributed by atoms with E-state index in [2.05, 4.69) is 5.32 Å². The fourth-order valence-electron chi connectivity index (χ4n) is 3.69. The van der Waals surface area contributed by atoms with Crippen LogP contribution in [0.25, 0.3) is 10.9 Å². The van der Waals surface area contributed by atoms with Gasteiger partial charge in [-0.2, -0.15) is 0 Å². The summed E-state index contributed by atoms with van der Waals surface area (Å²) in [5, 5.41) is 3.57. The van der Waals surface area contributed by atoms with Crippen molar-refractivity contribution in [2.75, 3.05) is 5.32 Å². The van der Waals surface area contributed by atoms with Crippen LogP contribution in [0.4, 0.5) is 5.69 Å². The zero-order valence-electron chi connectivity index (χ0n) is 18.7. The SMILES string of the molecule is CCc1ccc2c(c1)c(=O)c(S(=O)(=O)c1ccc(C)cc1)cn2CC(=O)Nc1ccc(Cl)cc1. The molecule has 4 rings (SSSR count). The number of aromatic nitrogens is 1. The summed E-state index contributed by atoms with van der Waals surface area (Å²) < 4.78 is 28.3. The quantitative estimate of drug-likeness (QED) is 0.409. The summed E-state index contributed by atoms with van der Waals surface area (Å²) in [4.78, 5) is 25.8. The van der Waals surface area contributed by atoms with E-state index in [1.807, 2.05) is 19.9 Å². The van der Waals surface area contributed by atoms with Crippen LogP contribution in [0.5, 0.6) is 0 Å². The fourth-order valence-corrected chi connectivity index (χ4v) is 5.19. The first-order valence-electron chi connectivity index (χ1n) is 10.7. The Morgan fingerprint density at radius 3 is 2.32 bits per heavy atom. The van der Waals surface area contributed by atoms with Crippen molar-refractivity contribution >= 4 is 43.9 Å². The lowest BCUT2D eigenvalue weighted by atomic mass is 10.1. The lowest BCUT2D eigenvalue weighted by molar-refractivity contribution is -0.116. The van der Waals surface area contributed by atoms with Crippen LogP contribution in [-0.2, 0) is 27.6 Å². The summed E-state index contributed by atoms with van der Waals surface area (Å²) in [7, 11) is -4.10. The molecule has 3 aromatic carbocycles. The van der Waals surface area contributed by atoms with E-state index in [9.17, 15) is 18.0 Å². The molecule has 1 amide bonds. The molecule has 0 saturated carbocycles. The van der Waals surface area contributed by atoms with Gasteiger partial charge in [0.2, 0.25) is 21.2 Å². The predicted molar refractivity (Wildman–Crippen MR) is 134 cm³/mol. The lowest BCUT2D eigenvalue weighted by Crippen LogP contribution is -2.24. The third-order valence-corrected chi connectivity index (χ3v) is 7.60. The lowest BCUT2D eigenvalue weighted by Gasteiger charge is -2.15. The second-order valence-electron chi connectivity index (χ2n) is 8.03. The maximum atomic E-state index is 13.4. The number of hydrogen-bond acceptors (Lipinski definition) is 4. The molecule has 34 heavy (non-hydrogen) atoms. The molecule has 0 radical (unpaired) electrons. The van der Waals surface area contributed by atoms with Crippen molar-refractivity contribution < 1.29 is 13.2 Å². The molecule has 0 aliphatic heterocycles. The molecular formula is C26H23ClN2O4S. The van der Waals surface area contributed by atoms with E-state index in [-0.39, 0.29) is 27.6 Å². The standard InChI is InChI=1S/C26H23ClN2O4S/c1-3-18-6-13-23-22(14-18)26(31)24(34(32,33)21-11-4-17(2)5-12-21)15-29(23)16-25(30)28-20-9-7-19(27)8-10-20/h4-15H,3,16H2,1-2H3,(H,28,30). The molecule has 174 valence electrons. The van der Waals surface area contributed by atoms with Crippen molar-refractivity contribution in [1.82, 2.24) is 4.57 Å². The minimum Gasteiger partial charge on any atom is -0.336 e. The molecule has 0 aliphatic rings. The number of carbonyl (C=O) groups excluding carboxylic acids is 1. The zero-order chi connectivity index (χ0) is 24.5. The largest absolute Gasteiger partial charge is 0.336 e. The van der Waals surface area contributed by atoms with Gasteiger partial charge in [0.25, 0.3) is 0 Å². The number of sulfone groups is 1. The van der Waals surface area contributed by atoms with Crippen LogP contribution in [0.3, 0.4) is 0 Å². The van der Waals surface area contributed by atoms with Crippen molar-refractivity contribution in [1.29, 1.82) is 0 Å². The highest BCUT2D eigenvalue weighted by Crippen LogP contribution is 2.23. The Hall–Kier alpha value is -3.42. The van der Waals surface area contributed by atoms with Gasteiger partial charge in [0, 0.05) is 22.3 Å². The molecule has 1 aromatic heterocycles. The Kier molecular flexibility index (Phi) is 6.59. The van der Waals surface area contributed by atoms with Crippen LogP contribution in [0, 0.1) is 6.92 Å². The van der Waals surface area contributed by atoms with Gasteiger partial charge in [-0.25, -0.2) is 8.42 Å². The van der Waals surface area contributed by atoms with Gasteiger partial charge in [-0.15, -0.1) is 0 Å². The number of anilines is 1. The van der Waals surface area contributed by atoms with E-state index in [4.69, 9.17) is 11.6 Å². The molecule has 0 atom stereocenters. The van der Waals surface area contributed by atoms with Crippen molar-refractivity contribution in [2.24, 2.45) is 0 Å². The fraction of sp³-hybridized carbons (Fsp3) is 0.154. The first-order valence-corrected chi connectivity index (χ1v) is 12.6. The number of pyridine rings is 1. The van der Waals surface area contributed by atoms with Crippen molar-refractivity contribution in [3.8, 4) is 0 Å². The molecule has 0 fully saturated rings. The number of aryl methyl sites for hydroxylation is 2. The number of hydrogen-bond donors (Lipinski definition) is 1. The third kappa shape index (κ3) is 4.76. The predicted octanol–water partition coefficient (Wildman–Crippen LogP) is 5.00. The molecular weight excluding hydrogens is 472 g/mol. The smallest absolute Gasteiger partial charge is 0.244 e. The van der Waals surface area contributed by atoms with Gasteiger partial charge < -0.3 is 9.88 Å². The maximum absolute atomic E-state index is 13.4. The maximum Gasteiger partial charge on any atom is 0.244 e. The molecule has 0 aliphatic carbocycles. The first kappa shape index (κ1) is 23.7. The van der Waals surface area contributed by atoms with Gasteiger partial charge in [-0.05, 0) is 67.4 Å².